The van der Waals surface area contributed by atoms with Crippen LogP contribution >= 0.6 is 15.9 Å². The first-order valence-corrected chi connectivity index (χ1v) is 3.07. The van der Waals surface area contributed by atoms with Gasteiger partial charge in [0.2, 0.25) is 0 Å². The molecule has 0 saturated carbocycles. The van der Waals surface area contributed by atoms with Gasteiger partial charge in [-0.25, -0.2) is 5.32 Å². The lowest BCUT2D eigenvalue weighted by atomic mass is 10.3. The summed E-state index contributed by atoms with van der Waals surface area (Å²) in [6, 6.07) is 0. The molecule has 1 aliphatic rings. The largest absolute Gasteiger partial charge is 0.394 e. The summed E-state index contributed by atoms with van der Waals surface area (Å²) in [6.07, 6.45) is 2.94. The molecule has 0 saturated heterocycles. The molecule has 1 rings (SSSR count). The highest BCUT2D eigenvalue weighted by atomic mass is 79.9. The number of nitrogens with zero attached hydrogens (tertiary/aromatic N) is 1. The van der Waals surface area contributed by atoms with Gasteiger partial charge in [0, 0.05) is 10.7 Å². The second kappa shape index (κ2) is 2.23. The molecule has 4 heteroatoms. The van der Waals surface area contributed by atoms with Gasteiger partial charge < -0.3 is 5.73 Å². The summed E-state index contributed by atoms with van der Waals surface area (Å²) in [5.41, 5.74) is 5.39. The highest BCUT2D eigenvalue weighted by Gasteiger charge is 2.09. The van der Waals surface area contributed by atoms with Crippen LogP contribution in [0.4, 0.5) is 0 Å². The van der Waals surface area contributed by atoms with Crippen molar-refractivity contribution in [2.75, 3.05) is 0 Å². The third kappa shape index (κ3) is 1.32. The molecule has 0 fully saturated rings. The molecule has 0 aromatic heterocycles. The monoisotopic (exact) mass is 187 g/mol. The van der Waals surface area contributed by atoms with Crippen molar-refractivity contribution in [3.8, 4) is 0 Å². The van der Waals surface area contributed by atoms with E-state index in [-0.39, 0.29) is 11.6 Å². The first kappa shape index (κ1) is 6.35. The molecule has 3 nitrogen and oxygen atoms in total. The van der Waals surface area contributed by atoms with Gasteiger partial charge in [0.15, 0.2) is 0 Å². The highest BCUT2D eigenvalue weighted by Crippen LogP contribution is 2.10. The third-order valence-electron chi connectivity index (χ3n) is 0.845. The van der Waals surface area contributed by atoms with E-state index in [4.69, 9.17) is 5.73 Å². The molecule has 47 valence electrons. The zero-order chi connectivity index (χ0) is 6.85. The van der Waals surface area contributed by atoms with Gasteiger partial charge in [0.1, 0.15) is 5.70 Å². The second-order valence-corrected chi connectivity index (χ2v) is 2.46. The highest BCUT2D eigenvalue weighted by molar-refractivity contribution is 9.11. The number of hydrogen-bond acceptors (Lipinski definition) is 2. The van der Waals surface area contributed by atoms with E-state index in [0.29, 0.717) is 0 Å². The Bertz CT molecular complexity index is 207. The SMILES string of the molecule is NC1=CC(Br)=C[N]C1=O. The standard InChI is InChI=1S/C5H4BrN2O/c6-3-1-4(7)5(9)8-2-3/h1-2H,7H2. The van der Waals surface area contributed by atoms with Crippen LogP contribution in [0.15, 0.2) is 22.5 Å². The topological polar surface area (TPSA) is 57.2 Å². The van der Waals surface area contributed by atoms with Crippen LogP contribution in [-0.4, -0.2) is 5.91 Å². The Kier molecular flexibility index (Phi) is 1.57. The van der Waals surface area contributed by atoms with E-state index in [0.717, 1.165) is 4.48 Å². The van der Waals surface area contributed by atoms with Gasteiger partial charge in [-0.05, 0) is 22.0 Å². The van der Waals surface area contributed by atoms with Gasteiger partial charge in [-0.15, -0.1) is 0 Å². The Morgan fingerprint density at radius 3 is 2.78 bits per heavy atom. The molecule has 0 bridgehead atoms. The van der Waals surface area contributed by atoms with Crippen molar-refractivity contribution in [1.29, 1.82) is 0 Å². The van der Waals surface area contributed by atoms with Crippen molar-refractivity contribution in [2.24, 2.45) is 5.73 Å². The maximum absolute atomic E-state index is 10.5. The number of amides is 1. The molecule has 1 amide bonds. The Balaban J connectivity index is 2.87. The zero-order valence-corrected chi connectivity index (χ0v) is 6.05. The summed E-state index contributed by atoms with van der Waals surface area (Å²) in [4.78, 5) is 10.5. The number of carbonyl (C=O) groups is 1. The summed E-state index contributed by atoms with van der Waals surface area (Å²) in [5, 5.41) is 3.45. The Morgan fingerprint density at radius 2 is 2.33 bits per heavy atom. The molecule has 1 heterocycles. The van der Waals surface area contributed by atoms with Crippen LogP contribution in [0, 0.1) is 0 Å². The van der Waals surface area contributed by atoms with Crippen molar-refractivity contribution in [3.63, 3.8) is 0 Å². The van der Waals surface area contributed by atoms with Crippen molar-refractivity contribution < 1.29 is 4.79 Å². The maximum Gasteiger partial charge on any atom is 0.292 e. The summed E-state index contributed by atoms with van der Waals surface area (Å²) in [7, 11) is 0. The second-order valence-electron chi connectivity index (χ2n) is 1.55. The third-order valence-corrected chi connectivity index (χ3v) is 1.28. The Hall–Kier alpha value is -0.770. The summed E-state index contributed by atoms with van der Waals surface area (Å²) in [5.74, 6) is -0.377. The first-order chi connectivity index (χ1) is 4.20. The van der Waals surface area contributed by atoms with E-state index >= 15 is 0 Å². The lowest BCUT2D eigenvalue weighted by Crippen LogP contribution is -2.21. The minimum Gasteiger partial charge on any atom is -0.394 e. The van der Waals surface area contributed by atoms with Gasteiger partial charge in [0.05, 0.1) is 0 Å². The van der Waals surface area contributed by atoms with Gasteiger partial charge >= 0.3 is 0 Å². The van der Waals surface area contributed by atoms with E-state index in [1.807, 2.05) is 0 Å². The maximum atomic E-state index is 10.5. The van der Waals surface area contributed by atoms with Gasteiger partial charge in [-0.2, -0.15) is 0 Å². The molecular weight excluding hydrogens is 184 g/mol. The van der Waals surface area contributed by atoms with Crippen molar-refractivity contribution in [1.82, 2.24) is 5.32 Å². The van der Waals surface area contributed by atoms with Crippen LogP contribution in [0.3, 0.4) is 0 Å². The molecule has 1 radical (unpaired) electrons. The minimum atomic E-state index is -0.377. The lowest BCUT2D eigenvalue weighted by molar-refractivity contribution is -0.117. The van der Waals surface area contributed by atoms with Crippen molar-refractivity contribution >= 4 is 21.8 Å². The van der Waals surface area contributed by atoms with Crippen molar-refractivity contribution in [2.45, 2.75) is 0 Å². The Labute approximate surface area is 60.7 Å². The molecule has 0 atom stereocenters. The smallest absolute Gasteiger partial charge is 0.292 e. The predicted molar refractivity (Wildman–Crippen MR) is 36.4 cm³/mol. The first-order valence-electron chi connectivity index (χ1n) is 2.28. The van der Waals surface area contributed by atoms with Crippen molar-refractivity contribution in [3.05, 3.63) is 22.5 Å². The van der Waals surface area contributed by atoms with Crippen LogP contribution in [0.1, 0.15) is 0 Å². The molecular formula is C5H4BrN2O. The van der Waals surface area contributed by atoms with Crippen LogP contribution in [0.2, 0.25) is 0 Å². The fourth-order valence-electron chi connectivity index (χ4n) is 0.442. The predicted octanol–water partition coefficient (Wildman–Crippen LogP) is 0.210. The van der Waals surface area contributed by atoms with Gasteiger partial charge in [-0.1, -0.05) is 0 Å². The number of rotatable bonds is 0. The van der Waals surface area contributed by atoms with E-state index < -0.39 is 0 Å². The number of allylic oxidation sites excluding steroid dienone is 2. The fourth-order valence-corrected chi connectivity index (χ4v) is 0.791. The van der Waals surface area contributed by atoms with Gasteiger partial charge in [-0.3, -0.25) is 4.79 Å². The summed E-state index contributed by atoms with van der Waals surface area (Å²) < 4.78 is 0.722. The molecule has 2 N–H and O–H groups in total. The number of halogens is 1. The molecule has 0 unspecified atom stereocenters. The van der Waals surface area contributed by atoms with Crippen LogP contribution < -0.4 is 11.1 Å². The van der Waals surface area contributed by atoms with E-state index in [9.17, 15) is 4.79 Å². The minimum absolute atomic E-state index is 0.171. The molecule has 0 aromatic carbocycles. The fraction of sp³-hybridized carbons (Fsp3) is 0. The quantitative estimate of drug-likeness (QED) is 0.590. The summed E-state index contributed by atoms with van der Waals surface area (Å²) in [6.45, 7) is 0. The number of hydrogen-bond donors (Lipinski definition) is 1. The van der Waals surface area contributed by atoms with Gasteiger partial charge in [0.25, 0.3) is 5.91 Å². The molecule has 0 aromatic rings. The van der Waals surface area contributed by atoms with E-state index in [2.05, 4.69) is 21.2 Å². The van der Waals surface area contributed by atoms with E-state index in [1.165, 1.54) is 12.3 Å². The Morgan fingerprint density at radius 1 is 1.67 bits per heavy atom. The zero-order valence-electron chi connectivity index (χ0n) is 4.47. The molecule has 0 aliphatic carbocycles. The normalized spacial score (nSPS) is 18.1. The van der Waals surface area contributed by atoms with Crippen LogP contribution in [-0.2, 0) is 4.79 Å². The molecule has 0 spiro atoms. The number of nitrogens with two attached hydrogens (primary N) is 1. The lowest BCUT2D eigenvalue weighted by Gasteiger charge is -2.02. The number of carbonyl (C=O) groups excluding carboxylic acids is 1. The molecule has 9 heavy (non-hydrogen) atoms. The average molecular weight is 188 g/mol. The molecule has 1 aliphatic heterocycles. The van der Waals surface area contributed by atoms with Crippen LogP contribution in [0.25, 0.3) is 0 Å². The summed E-state index contributed by atoms with van der Waals surface area (Å²) >= 11 is 3.11. The average Bonchev–Trinajstić information content (AvgIpc) is 1.80. The van der Waals surface area contributed by atoms with E-state index in [1.54, 1.807) is 0 Å². The van der Waals surface area contributed by atoms with Crippen LogP contribution in [0.5, 0.6) is 0 Å².